The van der Waals surface area contributed by atoms with E-state index < -0.39 is 0 Å². The van der Waals surface area contributed by atoms with Crippen LogP contribution in [0.5, 0.6) is 0 Å². The van der Waals surface area contributed by atoms with E-state index in [1.54, 1.807) is 23.9 Å². The Bertz CT molecular complexity index is 809. The van der Waals surface area contributed by atoms with Crippen LogP contribution < -0.4 is 5.32 Å². The molecule has 1 amide bonds. The molecule has 3 heterocycles. The van der Waals surface area contributed by atoms with Crippen molar-refractivity contribution >= 4 is 34.1 Å². The molecule has 4 nitrogen and oxygen atoms in total. The van der Waals surface area contributed by atoms with Gasteiger partial charge < -0.3 is 4.42 Å². The number of aromatic nitrogens is 1. The first-order chi connectivity index (χ1) is 10.3. The van der Waals surface area contributed by atoms with E-state index in [1.165, 1.54) is 27.4 Å². The summed E-state index contributed by atoms with van der Waals surface area (Å²) in [6.07, 6.45) is 1.48. The minimum atomic E-state index is -0.271. The average molecular weight is 314 g/mol. The van der Waals surface area contributed by atoms with Crippen LogP contribution in [0, 0.1) is 0 Å². The molecule has 0 atom stereocenters. The number of hydrogen-bond donors (Lipinski definition) is 1. The van der Waals surface area contributed by atoms with Crippen LogP contribution in [-0.2, 0) is 5.75 Å². The summed E-state index contributed by atoms with van der Waals surface area (Å²) in [5.41, 5.74) is 2.11. The molecule has 2 aromatic heterocycles. The Kier molecular flexibility index (Phi) is 3.05. The van der Waals surface area contributed by atoms with Gasteiger partial charge in [-0.15, -0.1) is 23.1 Å². The van der Waals surface area contributed by atoms with Gasteiger partial charge in [0.05, 0.1) is 12.0 Å². The second-order valence-electron chi connectivity index (χ2n) is 4.51. The predicted octanol–water partition coefficient (Wildman–Crippen LogP) is 4.26. The predicted molar refractivity (Wildman–Crippen MR) is 83.8 cm³/mol. The van der Waals surface area contributed by atoms with Gasteiger partial charge in [0.25, 0.3) is 5.91 Å². The molecule has 21 heavy (non-hydrogen) atoms. The molecule has 1 aromatic carbocycles. The fourth-order valence-electron chi connectivity index (χ4n) is 2.21. The maximum absolute atomic E-state index is 12.0. The molecular formula is C15H10N2O2S2. The number of carbonyl (C=O) groups excluding carboxylic acids is 1. The molecule has 0 bridgehead atoms. The van der Waals surface area contributed by atoms with Gasteiger partial charge in [0.15, 0.2) is 10.9 Å². The van der Waals surface area contributed by atoms with Crippen molar-refractivity contribution in [1.82, 2.24) is 4.98 Å². The molecule has 4 rings (SSSR count). The number of rotatable bonds is 2. The SMILES string of the molecule is O=C(Nc1nc2c(s1)CSc1ccccc1-2)c1ccco1. The monoisotopic (exact) mass is 314 g/mol. The number of carbonyl (C=O) groups is 1. The van der Waals surface area contributed by atoms with E-state index >= 15 is 0 Å². The Labute approximate surface area is 129 Å². The summed E-state index contributed by atoms with van der Waals surface area (Å²) in [7, 11) is 0. The molecule has 0 aliphatic carbocycles. The van der Waals surface area contributed by atoms with Crippen molar-refractivity contribution in [3.8, 4) is 11.3 Å². The van der Waals surface area contributed by atoms with E-state index in [0.29, 0.717) is 5.13 Å². The number of anilines is 1. The van der Waals surface area contributed by atoms with Crippen molar-refractivity contribution in [3.63, 3.8) is 0 Å². The number of fused-ring (bicyclic) bond motifs is 3. The van der Waals surface area contributed by atoms with Gasteiger partial charge in [0.2, 0.25) is 0 Å². The van der Waals surface area contributed by atoms with Crippen LogP contribution in [0.4, 0.5) is 5.13 Å². The van der Waals surface area contributed by atoms with E-state index in [0.717, 1.165) is 17.0 Å². The van der Waals surface area contributed by atoms with Gasteiger partial charge in [-0.3, -0.25) is 10.1 Å². The highest BCUT2D eigenvalue weighted by molar-refractivity contribution is 7.98. The number of benzene rings is 1. The van der Waals surface area contributed by atoms with Crippen molar-refractivity contribution in [2.24, 2.45) is 0 Å². The van der Waals surface area contributed by atoms with Crippen LogP contribution >= 0.6 is 23.1 Å². The van der Waals surface area contributed by atoms with Crippen LogP contribution in [-0.4, -0.2) is 10.9 Å². The Morgan fingerprint density at radius 2 is 2.14 bits per heavy atom. The van der Waals surface area contributed by atoms with Crippen molar-refractivity contribution in [2.45, 2.75) is 10.6 Å². The van der Waals surface area contributed by atoms with Gasteiger partial charge in [-0.1, -0.05) is 18.2 Å². The summed E-state index contributed by atoms with van der Waals surface area (Å²) in [6, 6.07) is 11.5. The van der Waals surface area contributed by atoms with Crippen molar-refractivity contribution in [3.05, 3.63) is 53.3 Å². The second kappa shape index (κ2) is 5.05. The average Bonchev–Trinajstić information content (AvgIpc) is 3.16. The molecule has 1 aliphatic heterocycles. The van der Waals surface area contributed by atoms with Crippen molar-refractivity contribution in [2.75, 3.05) is 5.32 Å². The van der Waals surface area contributed by atoms with E-state index in [2.05, 4.69) is 22.4 Å². The zero-order valence-electron chi connectivity index (χ0n) is 10.8. The van der Waals surface area contributed by atoms with Crippen molar-refractivity contribution < 1.29 is 9.21 Å². The Morgan fingerprint density at radius 3 is 3.00 bits per heavy atom. The van der Waals surface area contributed by atoms with Crippen LogP contribution in [0.1, 0.15) is 15.4 Å². The lowest BCUT2D eigenvalue weighted by Crippen LogP contribution is -2.10. The number of thioether (sulfide) groups is 1. The van der Waals surface area contributed by atoms with E-state index in [1.807, 2.05) is 12.1 Å². The Balaban J connectivity index is 1.66. The smallest absolute Gasteiger partial charge is 0.293 e. The van der Waals surface area contributed by atoms with E-state index in [4.69, 9.17) is 4.42 Å². The van der Waals surface area contributed by atoms with Gasteiger partial charge in [-0.05, 0) is 18.2 Å². The molecule has 0 saturated carbocycles. The summed E-state index contributed by atoms with van der Waals surface area (Å²) in [4.78, 5) is 19.0. The first-order valence-corrected chi connectivity index (χ1v) is 8.18. The van der Waals surface area contributed by atoms with Gasteiger partial charge in [-0.2, -0.15) is 0 Å². The number of nitrogens with zero attached hydrogens (tertiary/aromatic N) is 1. The van der Waals surface area contributed by atoms with Crippen LogP contribution in [0.15, 0.2) is 52.0 Å². The highest BCUT2D eigenvalue weighted by Crippen LogP contribution is 2.44. The second-order valence-corrected chi connectivity index (χ2v) is 6.61. The largest absolute Gasteiger partial charge is 0.459 e. The number of hydrogen-bond acceptors (Lipinski definition) is 5. The topological polar surface area (TPSA) is 55.1 Å². The lowest BCUT2D eigenvalue weighted by molar-refractivity contribution is 0.0996. The summed E-state index contributed by atoms with van der Waals surface area (Å²) in [5.74, 6) is 0.908. The fraction of sp³-hybridized carbons (Fsp3) is 0.0667. The lowest BCUT2D eigenvalue weighted by atomic mass is 10.1. The molecular weight excluding hydrogens is 304 g/mol. The normalized spacial score (nSPS) is 12.6. The van der Waals surface area contributed by atoms with Crippen LogP contribution in [0.2, 0.25) is 0 Å². The molecule has 6 heteroatoms. The minimum absolute atomic E-state index is 0.271. The van der Waals surface area contributed by atoms with Gasteiger partial charge in [0, 0.05) is 21.1 Å². The standard InChI is InChI=1S/C15H10N2O2S2/c18-14(10-5-3-7-19-10)17-15-16-13-9-4-1-2-6-11(9)20-8-12(13)21-15/h1-7H,8H2,(H,16,17,18). The van der Waals surface area contributed by atoms with E-state index in [9.17, 15) is 4.79 Å². The quantitative estimate of drug-likeness (QED) is 0.768. The third kappa shape index (κ3) is 2.26. The Hall–Kier alpha value is -2.05. The zero-order valence-corrected chi connectivity index (χ0v) is 12.5. The number of furan rings is 1. The highest BCUT2D eigenvalue weighted by Gasteiger charge is 2.22. The van der Waals surface area contributed by atoms with Gasteiger partial charge >= 0.3 is 0 Å². The number of amides is 1. The minimum Gasteiger partial charge on any atom is -0.459 e. The number of nitrogens with one attached hydrogen (secondary N) is 1. The molecule has 0 spiro atoms. The molecule has 0 saturated heterocycles. The molecule has 3 aromatic rings. The molecule has 1 aliphatic rings. The van der Waals surface area contributed by atoms with Crippen molar-refractivity contribution in [1.29, 1.82) is 0 Å². The van der Waals surface area contributed by atoms with Crippen LogP contribution in [0.3, 0.4) is 0 Å². The summed E-state index contributed by atoms with van der Waals surface area (Å²) in [6.45, 7) is 0. The lowest BCUT2D eigenvalue weighted by Gasteiger charge is -2.13. The third-order valence-electron chi connectivity index (χ3n) is 3.16. The van der Waals surface area contributed by atoms with Crippen LogP contribution in [0.25, 0.3) is 11.3 Å². The van der Waals surface area contributed by atoms with Gasteiger partial charge in [0.1, 0.15) is 0 Å². The van der Waals surface area contributed by atoms with Gasteiger partial charge in [-0.25, -0.2) is 4.98 Å². The summed E-state index contributed by atoms with van der Waals surface area (Å²) >= 11 is 3.32. The summed E-state index contributed by atoms with van der Waals surface area (Å²) < 4.78 is 5.09. The first-order valence-electron chi connectivity index (χ1n) is 6.38. The maximum atomic E-state index is 12.0. The third-order valence-corrected chi connectivity index (χ3v) is 5.42. The summed E-state index contributed by atoms with van der Waals surface area (Å²) in [5, 5.41) is 3.41. The fourth-order valence-corrected chi connectivity index (χ4v) is 4.31. The Morgan fingerprint density at radius 1 is 1.24 bits per heavy atom. The molecule has 104 valence electrons. The molecule has 1 N–H and O–H groups in total. The number of thiazole rings is 1. The molecule has 0 fully saturated rings. The highest BCUT2D eigenvalue weighted by atomic mass is 32.2. The molecule has 0 radical (unpaired) electrons. The van der Waals surface area contributed by atoms with E-state index in [-0.39, 0.29) is 11.7 Å². The zero-order chi connectivity index (χ0) is 14.2. The maximum Gasteiger partial charge on any atom is 0.293 e. The molecule has 0 unspecified atom stereocenters. The first kappa shape index (κ1) is 12.7.